The minimum atomic E-state index is -0.780. The maximum Gasteiger partial charge on any atom is 0.234 e. The minimum Gasteiger partial charge on any atom is -0.388 e. The van der Waals surface area contributed by atoms with Crippen LogP contribution in [0.4, 0.5) is 0 Å². The molecule has 2 atom stereocenters. The molecule has 0 heterocycles. The molecule has 0 fully saturated rings. The molecule has 0 rings (SSSR count). The van der Waals surface area contributed by atoms with Crippen molar-refractivity contribution in [1.29, 1.82) is 0 Å². The van der Waals surface area contributed by atoms with Gasteiger partial charge in [-0.25, -0.2) is 0 Å². The fourth-order valence-corrected chi connectivity index (χ4v) is 2.15. The van der Waals surface area contributed by atoms with Crippen molar-refractivity contribution < 1.29 is 14.6 Å². The van der Waals surface area contributed by atoms with Crippen LogP contribution >= 0.6 is 11.8 Å². The number of methoxy groups -OCH3 is 1. The maximum atomic E-state index is 11.5. The van der Waals surface area contributed by atoms with Crippen LogP contribution in [0.15, 0.2) is 0 Å². The van der Waals surface area contributed by atoms with Crippen molar-refractivity contribution in [1.82, 2.24) is 10.6 Å². The fraction of sp³-hybridized carbons (Fsp3) is 0.909. The summed E-state index contributed by atoms with van der Waals surface area (Å²) in [6, 6.07) is 0.000933. The number of hydrogen-bond acceptors (Lipinski definition) is 5. The van der Waals surface area contributed by atoms with Gasteiger partial charge < -0.3 is 20.5 Å². The Hall–Kier alpha value is -0.300. The van der Waals surface area contributed by atoms with Gasteiger partial charge in [0.05, 0.1) is 18.8 Å². The SMILES string of the molecule is COCC(C)NC(=O)CNCC(C)(O)CSC. The predicted octanol–water partition coefficient (Wildman–Crippen LogP) is -0.159. The molecule has 3 N–H and O–H groups in total. The first-order valence-corrected chi connectivity index (χ1v) is 7.01. The number of aliphatic hydroxyl groups is 1. The monoisotopic (exact) mass is 264 g/mol. The summed E-state index contributed by atoms with van der Waals surface area (Å²) in [6.07, 6.45) is 1.94. The molecule has 2 unspecified atom stereocenters. The van der Waals surface area contributed by atoms with E-state index in [9.17, 15) is 9.90 Å². The standard InChI is InChI=1S/C11H24N2O3S/c1-9(6-16-3)13-10(14)5-12-7-11(2,15)8-17-4/h9,12,15H,5-8H2,1-4H3,(H,13,14). The number of nitrogens with one attached hydrogen (secondary N) is 2. The number of carbonyl (C=O) groups excluding carboxylic acids is 1. The zero-order chi connectivity index (χ0) is 13.3. The van der Waals surface area contributed by atoms with Crippen LogP contribution < -0.4 is 10.6 Å². The number of carbonyl (C=O) groups is 1. The molecule has 5 nitrogen and oxygen atoms in total. The number of ether oxygens (including phenoxy) is 1. The Morgan fingerprint density at radius 1 is 1.59 bits per heavy atom. The quantitative estimate of drug-likeness (QED) is 0.540. The summed E-state index contributed by atoms with van der Waals surface area (Å²) >= 11 is 1.58. The van der Waals surface area contributed by atoms with Crippen LogP contribution in [0.2, 0.25) is 0 Å². The van der Waals surface area contributed by atoms with Gasteiger partial charge in [0.15, 0.2) is 0 Å². The molecule has 0 aliphatic carbocycles. The predicted molar refractivity (Wildman–Crippen MR) is 71.4 cm³/mol. The van der Waals surface area contributed by atoms with Gasteiger partial charge in [0.25, 0.3) is 0 Å². The van der Waals surface area contributed by atoms with Crippen LogP contribution in [-0.4, -0.2) is 61.5 Å². The normalized spacial score (nSPS) is 16.3. The lowest BCUT2D eigenvalue weighted by Gasteiger charge is -2.22. The Morgan fingerprint density at radius 3 is 2.76 bits per heavy atom. The molecule has 0 spiro atoms. The van der Waals surface area contributed by atoms with Crippen molar-refractivity contribution >= 4 is 17.7 Å². The second-order valence-corrected chi connectivity index (χ2v) is 5.32. The number of thioether (sulfide) groups is 1. The molecule has 0 aromatic rings. The molecule has 1 amide bonds. The average molecular weight is 264 g/mol. The van der Waals surface area contributed by atoms with Crippen molar-refractivity contribution in [2.45, 2.75) is 25.5 Å². The van der Waals surface area contributed by atoms with Crippen LogP contribution in [0.25, 0.3) is 0 Å². The lowest BCUT2D eigenvalue weighted by molar-refractivity contribution is -0.121. The molecular formula is C11H24N2O3S. The van der Waals surface area contributed by atoms with Crippen LogP contribution in [0.1, 0.15) is 13.8 Å². The zero-order valence-electron chi connectivity index (χ0n) is 11.1. The molecule has 0 radical (unpaired) electrons. The van der Waals surface area contributed by atoms with E-state index in [-0.39, 0.29) is 18.5 Å². The van der Waals surface area contributed by atoms with Gasteiger partial charge in [-0.2, -0.15) is 11.8 Å². The summed E-state index contributed by atoms with van der Waals surface area (Å²) < 4.78 is 4.92. The van der Waals surface area contributed by atoms with Gasteiger partial charge in [0.1, 0.15) is 0 Å². The topological polar surface area (TPSA) is 70.6 Å². The van der Waals surface area contributed by atoms with Crippen LogP contribution in [-0.2, 0) is 9.53 Å². The summed E-state index contributed by atoms with van der Waals surface area (Å²) in [5, 5.41) is 15.6. The molecule has 6 heteroatoms. The molecule has 0 aromatic carbocycles. The van der Waals surface area contributed by atoms with E-state index in [2.05, 4.69) is 10.6 Å². The van der Waals surface area contributed by atoms with Gasteiger partial charge in [-0.1, -0.05) is 0 Å². The third kappa shape index (κ3) is 9.41. The first-order chi connectivity index (χ1) is 7.91. The highest BCUT2D eigenvalue weighted by atomic mass is 32.2. The third-order valence-corrected chi connectivity index (χ3v) is 2.98. The third-order valence-electron chi connectivity index (χ3n) is 2.07. The molecule has 0 aliphatic rings. The molecule has 17 heavy (non-hydrogen) atoms. The Morgan fingerprint density at radius 2 is 2.24 bits per heavy atom. The Labute approximate surface area is 108 Å². The first-order valence-electron chi connectivity index (χ1n) is 5.61. The van der Waals surface area contributed by atoms with Gasteiger partial charge in [-0.15, -0.1) is 0 Å². The smallest absolute Gasteiger partial charge is 0.234 e. The second-order valence-electron chi connectivity index (χ2n) is 4.46. The Bertz CT molecular complexity index is 225. The molecule has 0 aliphatic heterocycles. The van der Waals surface area contributed by atoms with Gasteiger partial charge >= 0.3 is 0 Å². The molecular weight excluding hydrogens is 240 g/mol. The van der Waals surface area contributed by atoms with E-state index in [1.807, 2.05) is 13.2 Å². The van der Waals surface area contributed by atoms with E-state index in [4.69, 9.17) is 4.74 Å². The van der Waals surface area contributed by atoms with Gasteiger partial charge in [0, 0.05) is 25.4 Å². The lowest BCUT2D eigenvalue weighted by Crippen LogP contribution is -2.46. The summed E-state index contributed by atoms with van der Waals surface area (Å²) in [4.78, 5) is 11.5. The van der Waals surface area contributed by atoms with Crippen LogP contribution in [0, 0.1) is 0 Å². The van der Waals surface area contributed by atoms with E-state index in [1.165, 1.54) is 0 Å². The van der Waals surface area contributed by atoms with Crippen LogP contribution in [0.5, 0.6) is 0 Å². The van der Waals surface area contributed by atoms with Crippen molar-refractivity contribution in [3.8, 4) is 0 Å². The Balaban J connectivity index is 3.70. The summed E-state index contributed by atoms with van der Waals surface area (Å²) in [6.45, 7) is 4.74. The van der Waals surface area contributed by atoms with Crippen LogP contribution in [0.3, 0.4) is 0 Å². The van der Waals surface area contributed by atoms with Gasteiger partial charge in [0.2, 0.25) is 5.91 Å². The van der Waals surface area contributed by atoms with E-state index in [0.717, 1.165) is 0 Å². The second kappa shape index (κ2) is 8.74. The largest absolute Gasteiger partial charge is 0.388 e. The van der Waals surface area contributed by atoms with Crippen molar-refractivity contribution in [2.24, 2.45) is 0 Å². The van der Waals surface area contributed by atoms with Gasteiger partial charge in [-0.3, -0.25) is 4.79 Å². The number of hydrogen-bond donors (Lipinski definition) is 3. The minimum absolute atomic E-state index is 0.000933. The number of rotatable bonds is 9. The van der Waals surface area contributed by atoms with E-state index >= 15 is 0 Å². The van der Waals surface area contributed by atoms with E-state index < -0.39 is 5.60 Å². The molecule has 0 aromatic heterocycles. The molecule has 0 saturated carbocycles. The van der Waals surface area contributed by atoms with Crippen molar-refractivity contribution in [2.75, 3.05) is 38.8 Å². The van der Waals surface area contributed by atoms with Crippen molar-refractivity contribution in [3.05, 3.63) is 0 Å². The summed E-state index contributed by atoms with van der Waals surface area (Å²) in [5.41, 5.74) is -0.780. The summed E-state index contributed by atoms with van der Waals surface area (Å²) in [5.74, 6) is 0.552. The fourth-order valence-electron chi connectivity index (χ4n) is 1.42. The first kappa shape index (κ1) is 16.7. The molecule has 0 bridgehead atoms. The molecule has 102 valence electrons. The zero-order valence-corrected chi connectivity index (χ0v) is 11.9. The Kier molecular flexibility index (Phi) is 8.59. The number of amides is 1. The van der Waals surface area contributed by atoms with E-state index in [1.54, 1.807) is 25.8 Å². The van der Waals surface area contributed by atoms with Crippen molar-refractivity contribution in [3.63, 3.8) is 0 Å². The summed E-state index contributed by atoms with van der Waals surface area (Å²) in [7, 11) is 1.60. The van der Waals surface area contributed by atoms with E-state index in [0.29, 0.717) is 18.9 Å². The average Bonchev–Trinajstić information content (AvgIpc) is 2.16. The molecule has 0 saturated heterocycles. The maximum absolute atomic E-state index is 11.5. The highest BCUT2D eigenvalue weighted by Crippen LogP contribution is 2.08. The van der Waals surface area contributed by atoms with Gasteiger partial charge in [-0.05, 0) is 20.1 Å². The highest BCUT2D eigenvalue weighted by molar-refractivity contribution is 7.98. The lowest BCUT2D eigenvalue weighted by atomic mass is 10.1. The highest BCUT2D eigenvalue weighted by Gasteiger charge is 2.19.